The Morgan fingerprint density at radius 3 is 2.64 bits per heavy atom. The summed E-state index contributed by atoms with van der Waals surface area (Å²) in [6.45, 7) is 2.62. The van der Waals surface area contributed by atoms with Crippen LogP contribution < -0.4 is 20.7 Å². The van der Waals surface area contributed by atoms with E-state index in [2.05, 4.69) is 5.32 Å². The Balaban J connectivity index is 0.00000242. The number of nitrogens with one attached hydrogen (secondary N) is 1. The Hall–Kier alpha value is -1.79. The topological polar surface area (TPSA) is 84.7 Å². The molecule has 1 aromatic rings. The molecular formula is C15H22ClN3O3. The SMILES string of the molecule is COc1ccc(N2CC(C(=O)N[C@@H](C)CN)CC2=O)cc1.Cl. The maximum atomic E-state index is 12.1. The second-order valence-corrected chi connectivity index (χ2v) is 5.25. The minimum atomic E-state index is -0.325. The summed E-state index contributed by atoms with van der Waals surface area (Å²) in [5.41, 5.74) is 6.27. The lowest BCUT2D eigenvalue weighted by molar-refractivity contribution is -0.126. The van der Waals surface area contributed by atoms with Crippen molar-refractivity contribution in [3.05, 3.63) is 24.3 Å². The molecule has 0 aromatic heterocycles. The first kappa shape index (κ1) is 18.3. The van der Waals surface area contributed by atoms with E-state index in [1.807, 2.05) is 19.1 Å². The second-order valence-electron chi connectivity index (χ2n) is 5.25. The quantitative estimate of drug-likeness (QED) is 0.842. The van der Waals surface area contributed by atoms with Crippen molar-refractivity contribution >= 4 is 29.9 Å². The Labute approximate surface area is 136 Å². The fourth-order valence-corrected chi connectivity index (χ4v) is 2.31. The zero-order valence-electron chi connectivity index (χ0n) is 12.7. The summed E-state index contributed by atoms with van der Waals surface area (Å²) in [7, 11) is 1.59. The van der Waals surface area contributed by atoms with Crippen LogP contribution in [0.2, 0.25) is 0 Å². The minimum absolute atomic E-state index is 0. The lowest BCUT2D eigenvalue weighted by atomic mass is 10.1. The van der Waals surface area contributed by atoms with Crippen LogP contribution in [0, 0.1) is 5.92 Å². The Morgan fingerprint density at radius 2 is 2.09 bits per heavy atom. The van der Waals surface area contributed by atoms with Crippen LogP contribution in [0.3, 0.4) is 0 Å². The van der Waals surface area contributed by atoms with E-state index in [1.54, 1.807) is 24.1 Å². The number of benzene rings is 1. The Kier molecular flexibility index (Phi) is 6.64. The molecule has 1 aromatic carbocycles. The first-order valence-corrected chi connectivity index (χ1v) is 7.00. The van der Waals surface area contributed by atoms with Gasteiger partial charge in [-0.1, -0.05) is 0 Å². The van der Waals surface area contributed by atoms with Gasteiger partial charge in [-0.15, -0.1) is 12.4 Å². The molecule has 1 aliphatic rings. The molecule has 0 aliphatic carbocycles. The zero-order chi connectivity index (χ0) is 15.4. The van der Waals surface area contributed by atoms with Crippen molar-refractivity contribution in [1.29, 1.82) is 0 Å². The van der Waals surface area contributed by atoms with Gasteiger partial charge in [0.25, 0.3) is 0 Å². The van der Waals surface area contributed by atoms with E-state index in [0.717, 1.165) is 11.4 Å². The number of rotatable bonds is 5. The third-order valence-electron chi connectivity index (χ3n) is 3.62. The van der Waals surface area contributed by atoms with Crippen LogP contribution >= 0.6 is 12.4 Å². The Bertz CT molecular complexity index is 521. The van der Waals surface area contributed by atoms with Gasteiger partial charge in [0.2, 0.25) is 11.8 Å². The molecule has 0 radical (unpaired) electrons. The molecule has 0 spiro atoms. The van der Waals surface area contributed by atoms with Crippen LogP contribution in [0.25, 0.3) is 0 Å². The van der Waals surface area contributed by atoms with Gasteiger partial charge in [0.1, 0.15) is 5.75 Å². The van der Waals surface area contributed by atoms with E-state index in [9.17, 15) is 9.59 Å². The van der Waals surface area contributed by atoms with Crippen LogP contribution in [0.4, 0.5) is 5.69 Å². The van der Waals surface area contributed by atoms with E-state index in [4.69, 9.17) is 10.5 Å². The molecule has 3 N–H and O–H groups in total. The van der Waals surface area contributed by atoms with Gasteiger partial charge in [-0.3, -0.25) is 9.59 Å². The number of amides is 2. The third kappa shape index (κ3) is 4.11. The smallest absolute Gasteiger partial charge is 0.227 e. The van der Waals surface area contributed by atoms with Crippen molar-refractivity contribution in [3.63, 3.8) is 0 Å². The predicted molar refractivity (Wildman–Crippen MR) is 87.4 cm³/mol. The molecule has 6 nitrogen and oxygen atoms in total. The van der Waals surface area contributed by atoms with E-state index < -0.39 is 0 Å². The summed E-state index contributed by atoms with van der Waals surface area (Å²) in [5, 5.41) is 2.82. The summed E-state index contributed by atoms with van der Waals surface area (Å²) in [5.74, 6) is 0.253. The number of carbonyl (C=O) groups excluding carboxylic acids is 2. The van der Waals surface area contributed by atoms with E-state index in [-0.39, 0.29) is 42.6 Å². The molecule has 122 valence electrons. The summed E-state index contributed by atoms with van der Waals surface area (Å²) < 4.78 is 5.09. The highest BCUT2D eigenvalue weighted by Gasteiger charge is 2.35. The summed E-state index contributed by atoms with van der Waals surface area (Å²) in [6, 6.07) is 7.15. The van der Waals surface area contributed by atoms with Crippen molar-refractivity contribution < 1.29 is 14.3 Å². The fourth-order valence-electron chi connectivity index (χ4n) is 2.31. The van der Waals surface area contributed by atoms with Crippen molar-refractivity contribution in [1.82, 2.24) is 5.32 Å². The van der Waals surface area contributed by atoms with Gasteiger partial charge in [0, 0.05) is 31.2 Å². The molecule has 2 atom stereocenters. The molecule has 22 heavy (non-hydrogen) atoms. The van der Waals surface area contributed by atoms with Crippen molar-refractivity contribution in [2.45, 2.75) is 19.4 Å². The number of hydrogen-bond acceptors (Lipinski definition) is 4. The number of nitrogens with zero attached hydrogens (tertiary/aromatic N) is 1. The van der Waals surface area contributed by atoms with Crippen molar-refractivity contribution in [2.24, 2.45) is 11.7 Å². The van der Waals surface area contributed by atoms with Gasteiger partial charge in [-0.2, -0.15) is 0 Å². The largest absolute Gasteiger partial charge is 0.497 e. The van der Waals surface area contributed by atoms with E-state index >= 15 is 0 Å². The second kappa shape index (κ2) is 8.00. The van der Waals surface area contributed by atoms with Gasteiger partial charge in [0.05, 0.1) is 13.0 Å². The lowest BCUT2D eigenvalue weighted by Crippen LogP contribution is -2.41. The maximum absolute atomic E-state index is 12.1. The number of anilines is 1. The van der Waals surface area contributed by atoms with Crippen molar-refractivity contribution in [3.8, 4) is 5.75 Å². The summed E-state index contributed by atoms with van der Waals surface area (Å²) in [6.07, 6.45) is 0.231. The average molecular weight is 328 g/mol. The summed E-state index contributed by atoms with van der Waals surface area (Å²) >= 11 is 0. The standard InChI is InChI=1S/C15H21N3O3.ClH/c1-10(8-16)17-15(20)11-7-14(19)18(9-11)12-3-5-13(21-2)6-4-12;/h3-6,10-11H,7-9,16H2,1-2H3,(H,17,20);1H/t10-,11?;/m0./s1. The molecule has 1 heterocycles. The van der Waals surface area contributed by atoms with Gasteiger partial charge >= 0.3 is 0 Å². The van der Waals surface area contributed by atoms with Crippen LogP contribution in [0.5, 0.6) is 5.75 Å². The molecule has 2 rings (SSSR count). The monoisotopic (exact) mass is 327 g/mol. The predicted octanol–water partition coefficient (Wildman–Crippen LogP) is 0.933. The fraction of sp³-hybridized carbons (Fsp3) is 0.467. The number of ether oxygens (including phenoxy) is 1. The molecule has 7 heteroatoms. The number of methoxy groups -OCH3 is 1. The van der Waals surface area contributed by atoms with E-state index in [1.165, 1.54) is 0 Å². The molecule has 1 aliphatic heterocycles. The molecule has 1 fully saturated rings. The van der Waals surface area contributed by atoms with E-state index in [0.29, 0.717) is 13.1 Å². The van der Waals surface area contributed by atoms with Gasteiger partial charge in [-0.05, 0) is 31.2 Å². The van der Waals surface area contributed by atoms with Gasteiger partial charge < -0.3 is 20.7 Å². The van der Waals surface area contributed by atoms with Gasteiger partial charge in [0.15, 0.2) is 0 Å². The van der Waals surface area contributed by atoms with Gasteiger partial charge in [-0.25, -0.2) is 0 Å². The van der Waals surface area contributed by atoms with Crippen LogP contribution in [0.15, 0.2) is 24.3 Å². The first-order chi connectivity index (χ1) is 10.0. The van der Waals surface area contributed by atoms with Crippen LogP contribution in [0.1, 0.15) is 13.3 Å². The number of carbonyl (C=O) groups is 2. The Morgan fingerprint density at radius 1 is 1.45 bits per heavy atom. The maximum Gasteiger partial charge on any atom is 0.227 e. The number of nitrogens with two attached hydrogens (primary N) is 1. The lowest BCUT2D eigenvalue weighted by Gasteiger charge is -2.18. The van der Waals surface area contributed by atoms with Crippen LogP contribution in [-0.2, 0) is 9.59 Å². The highest BCUT2D eigenvalue weighted by molar-refractivity contribution is 6.00. The van der Waals surface area contributed by atoms with Crippen molar-refractivity contribution in [2.75, 3.05) is 25.1 Å². The molecule has 1 saturated heterocycles. The average Bonchev–Trinajstić information content (AvgIpc) is 2.89. The normalized spacial score (nSPS) is 18.6. The zero-order valence-corrected chi connectivity index (χ0v) is 13.6. The number of halogens is 1. The van der Waals surface area contributed by atoms with Crippen LogP contribution in [-0.4, -0.2) is 38.1 Å². The highest BCUT2D eigenvalue weighted by atomic mass is 35.5. The molecule has 2 amide bonds. The number of hydrogen-bond donors (Lipinski definition) is 2. The molecule has 1 unspecified atom stereocenters. The molecular weight excluding hydrogens is 306 g/mol. The molecule has 0 saturated carbocycles. The summed E-state index contributed by atoms with van der Waals surface area (Å²) in [4.78, 5) is 25.8. The minimum Gasteiger partial charge on any atom is -0.497 e. The highest BCUT2D eigenvalue weighted by Crippen LogP contribution is 2.26. The third-order valence-corrected chi connectivity index (χ3v) is 3.62. The molecule has 0 bridgehead atoms. The first-order valence-electron chi connectivity index (χ1n) is 7.00.